The number of benzene rings is 1. The molecule has 0 unspecified atom stereocenters. The Kier molecular flexibility index (Phi) is 4.49. The Labute approximate surface area is 119 Å². The standard InChI is InChI=1S/C14H21NO4S/c1-2-3-9-14(17)12(10-13(14)16)15-20(18,19)11-7-5-4-6-8-11/h4-8,12-13,15-17H,2-3,9-10H2,1H3/t12-,13+,14-/m0/s1. The van der Waals surface area contributed by atoms with E-state index in [0.717, 1.165) is 12.8 Å². The molecule has 112 valence electrons. The molecule has 3 N–H and O–H groups in total. The van der Waals surface area contributed by atoms with Gasteiger partial charge < -0.3 is 10.2 Å². The van der Waals surface area contributed by atoms with Crippen molar-refractivity contribution in [2.75, 3.05) is 0 Å². The number of rotatable bonds is 6. The average Bonchev–Trinajstić information content (AvgIpc) is 2.45. The van der Waals surface area contributed by atoms with Crippen molar-refractivity contribution < 1.29 is 18.6 Å². The lowest BCUT2D eigenvalue weighted by molar-refractivity contribution is -0.168. The van der Waals surface area contributed by atoms with Crippen LogP contribution in [0.2, 0.25) is 0 Å². The van der Waals surface area contributed by atoms with Gasteiger partial charge in [0.2, 0.25) is 10.0 Å². The van der Waals surface area contributed by atoms with Crippen molar-refractivity contribution in [2.45, 2.75) is 55.2 Å². The zero-order chi connectivity index (χ0) is 14.8. The molecule has 20 heavy (non-hydrogen) atoms. The Morgan fingerprint density at radius 1 is 1.35 bits per heavy atom. The largest absolute Gasteiger partial charge is 0.390 e. The Morgan fingerprint density at radius 2 is 2.00 bits per heavy atom. The highest BCUT2D eigenvalue weighted by atomic mass is 32.2. The summed E-state index contributed by atoms with van der Waals surface area (Å²) >= 11 is 0. The summed E-state index contributed by atoms with van der Waals surface area (Å²) < 4.78 is 26.9. The van der Waals surface area contributed by atoms with E-state index in [4.69, 9.17) is 0 Å². The molecule has 1 aromatic rings. The number of hydrogen-bond acceptors (Lipinski definition) is 4. The van der Waals surface area contributed by atoms with Crippen LogP contribution < -0.4 is 4.72 Å². The molecule has 1 fully saturated rings. The van der Waals surface area contributed by atoms with E-state index in [1.54, 1.807) is 18.2 Å². The van der Waals surface area contributed by atoms with Gasteiger partial charge in [0, 0.05) is 0 Å². The van der Waals surface area contributed by atoms with Crippen molar-refractivity contribution in [3.8, 4) is 0 Å². The van der Waals surface area contributed by atoms with Crippen LogP contribution in [0.25, 0.3) is 0 Å². The summed E-state index contributed by atoms with van der Waals surface area (Å²) in [6.07, 6.45) is 1.40. The summed E-state index contributed by atoms with van der Waals surface area (Å²) in [7, 11) is -3.66. The highest BCUT2D eigenvalue weighted by molar-refractivity contribution is 7.89. The van der Waals surface area contributed by atoms with Gasteiger partial charge in [0.15, 0.2) is 0 Å². The molecular weight excluding hydrogens is 278 g/mol. The Hall–Kier alpha value is -0.950. The molecule has 0 amide bonds. The van der Waals surface area contributed by atoms with Gasteiger partial charge in [-0.1, -0.05) is 38.0 Å². The molecule has 2 rings (SSSR count). The van der Waals surface area contributed by atoms with E-state index < -0.39 is 27.8 Å². The smallest absolute Gasteiger partial charge is 0.240 e. The molecule has 1 aromatic carbocycles. The fourth-order valence-electron chi connectivity index (χ4n) is 2.51. The average molecular weight is 299 g/mol. The van der Waals surface area contributed by atoms with Crippen LogP contribution in [0.5, 0.6) is 0 Å². The van der Waals surface area contributed by atoms with Gasteiger partial charge in [-0.2, -0.15) is 0 Å². The van der Waals surface area contributed by atoms with E-state index in [1.807, 2.05) is 6.92 Å². The molecule has 1 aliphatic rings. The monoisotopic (exact) mass is 299 g/mol. The predicted molar refractivity (Wildman–Crippen MR) is 75.7 cm³/mol. The lowest BCUT2D eigenvalue weighted by Gasteiger charge is -2.49. The van der Waals surface area contributed by atoms with Gasteiger partial charge in [-0.25, -0.2) is 13.1 Å². The van der Waals surface area contributed by atoms with Crippen molar-refractivity contribution in [1.29, 1.82) is 0 Å². The molecule has 0 spiro atoms. The molecule has 1 saturated carbocycles. The number of aliphatic hydroxyl groups excluding tert-OH is 1. The fourth-order valence-corrected chi connectivity index (χ4v) is 3.84. The molecule has 6 heteroatoms. The van der Waals surface area contributed by atoms with Crippen LogP contribution in [0.4, 0.5) is 0 Å². The van der Waals surface area contributed by atoms with Crippen LogP contribution in [0, 0.1) is 0 Å². The molecule has 5 nitrogen and oxygen atoms in total. The van der Waals surface area contributed by atoms with Crippen molar-refractivity contribution in [1.82, 2.24) is 4.72 Å². The lowest BCUT2D eigenvalue weighted by atomic mass is 9.69. The van der Waals surface area contributed by atoms with Gasteiger partial charge in [-0.3, -0.25) is 0 Å². The van der Waals surface area contributed by atoms with Crippen molar-refractivity contribution >= 4 is 10.0 Å². The summed E-state index contributed by atoms with van der Waals surface area (Å²) in [6.45, 7) is 1.98. The first-order chi connectivity index (χ1) is 9.40. The SMILES string of the molecule is CCCC[C@@]1(O)[C@H](O)C[C@@H]1NS(=O)(=O)c1ccccc1. The topological polar surface area (TPSA) is 86.6 Å². The second-order valence-corrected chi connectivity index (χ2v) is 7.05. The minimum atomic E-state index is -3.66. The summed E-state index contributed by atoms with van der Waals surface area (Å²) in [6, 6.07) is 7.41. The van der Waals surface area contributed by atoms with Crippen molar-refractivity contribution in [2.24, 2.45) is 0 Å². The fraction of sp³-hybridized carbons (Fsp3) is 0.571. The van der Waals surface area contributed by atoms with Gasteiger partial charge in [0.25, 0.3) is 0 Å². The number of sulfonamides is 1. The Bertz CT molecular complexity index is 546. The van der Waals surface area contributed by atoms with E-state index in [9.17, 15) is 18.6 Å². The Morgan fingerprint density at radius 3 is 2.55 bits per heavy atom. The lowest BCUT2D eigenvalue weighted by Crippen LogP contribution is -2.69. The molecular formula is C14H21NO4S. The third-order valence-electron chi connectivity index (χ3n) is 3.92. The van der Waals surface area contributed by atoms with Crippen molar-refractivity contribution in [3.05, 3.63) is 30.3 Å². The van der Waals surface area contributed by atoms with Gasteiger partial charge >= 0.3 is 0 Å². The van der Waals surface area contributed by atoms with E-state index in [2.05, 4.69) is 4.72 Å². The number of nitrogens with one attached hydrogen (secondary N) is 1. The summed E-state index contributed by atoms with van der Waals surface area (Å²) in [5, 5.41) is 20.1. The zero-order valence-electron chi connectivity index (χ0n) is 11.5. The van der Waals surface area contributed by atoms with Crippen LogP contribution >= 0.6 is 0 Å². The van der Waals surface area contributed by atoms with E-state index in [-0.39, 0.29) is 11.3 Å². The van der Waals surface area contributed by atoms with Crippen LogP contribution in [0.3, 0.4) is 0 Å². The molecule has 0 saturated heterocycles. The number of hydrogen-bond donors (Lipinski definition) is 3. The molecule has 0 bridgehead atoms. The third-order valence-corrected chi connectivity index (χ3v) is 5.41. The third kappa shape index (κ3) is 2.88. The normalized spacial score (nSPS) is 29.9. The van der Waals surface area contributed by atoms with E-state index in [0.29, 0.717) is 6.42 Å². The minimum absolute atomic E-state index is 0.166. The molecule has 3 atom stereocenters. The number of aliphatic hydroxyl groups is 2. The van der Waals surface area contributed by atoms with Crippen LogP contribution in [-0.4, -0.2) is 36.4 Å². The van der Waals surface area contributed by atoms with E-state index in [1.165, 1.54) is 12.1 Å². The molecule has 1 aliphatic carbocycles. The quantitative estimate of drug-likeness (QED) is 0.732. The highest BCUT2D eigenvalue weighted by Crippen LogP contribution is 2.37. The minimum Gasteiger partial charge on any atom is -0.390 e. The van der Waals surface area contributed by atoms with Crippen molar-refractivity contribution in [3.63, 3.8) is 0 Å². The number of unbranched alkanes of at least 4 members (excludes halogenated alkanes) is 1. The summed E-state index contributed by atoms with van der Waals surface area (Å²) in [5.74, 6) is 0. The maximum atomic E-state index is 12.2. The van der Waals surface area contributed by atoms with Crippen LogP contribution in [-0.2, 0) is 10.0 Å². The zero-order valence-corrected chi connectivity index (χ0v) is 12.3. The first-order valence-corrected chi connectivity index (χ1v) is 8.36. The van der Waals surface area contributed by atoms with Gasteiger partial charge in [0.1, 0.15) is 5.60 Å². The summed E-state index contributed by atoms with van der Waals surface area (Å²) in [4.78, 5) is 0.166. The van der Waals surface area contributed by atoms with Crippen LogP contribution in [0.1, 0.15) is 32.6 Å². The first kappa shape index (κ1) is 15.4. The molecule has 0 heterocycles. The van der Waals surface area contributed by atoms with E-state index >= 15 is 0 Å². The second kappa shape index (κ2) is 5.81. The predicted octanol–water partition coefficient (Wildman–Crippen LogP) is 1.02. The van der Waals surface area contributed by atoms with Gasteiger partial charge in [-0.15, -0.1) is 0 Å². The molecule has 0 radical (unpaired) electrons. The molecule has 0 aliphatic heterocycles. The maximum absolute atomic E-state index is 12.2. The highest BCUT2D eigenvalue weighted by Gasteiger charge is 2.54. The maximum Gasteiger partial charge on any atom is 0.240 e. The van der Waals surface area contributed by atoms with Gasteiger partial charge in [-0.05, 0) is 25.0 Å². The Balaban J connectivity index is 2.10. The first-order valence-electron chi connectivity index (χ1n) is 6.88. The summed E-state index contributed by atoms with van der Waals surface area (Å²) in [5.41, 5.74) is -1.35. The van der Waals surface area contributed by atoms with Gasteiger partial charge in [0.05, 0.1) is 17.0 Å². The molecule has 0 aromatic heterocycles. The second-order valence-electron chi connectivity index (χ2n) is 5.33. The van der Waals surface area contributed by atoms with Crippen LogP contribution in [0.15, 0.2) is 35.2 Å².